The van der Waals surface area contributed by atoms with E-state index in [0.29, 0.717) is 17.1 Å². The maximum absolute atomic E-state index is 12.2. The second-order valence-corrected chi connectivity index (χ2v) is 6.07. The molecule has 0 amide bonds. The first kappa shape index (κ1) is 14.5. The predicted octanol–water partition coefficient (Wildman–Crippen LogP) is 2.46. The number of sulfonamides is 1. The first-order chi connectivity index (χ1) is 9.40. The van der Waals surface area contributed by atoms with Crippen molar-refractivity contribution in [1.82, 2.24) is 9.97 Å². The van der Waals surface area contributed by atoms with Crippen molar-refractivity contribution in [1.29, 1.82) is 0 Å². The lowest BCUT2D eigenvalue weighted by Gasteiger charge is -2.08. The van der Waals surface area contributed by atoms with Gasteiger partial charge in [0.2, 0.25) is 5.95 Å². The van der Waals surface area contributed by atoms with Gasteiger partial charge in [-0.3, -0.25) is 4.84 Å². The van der Waals surface area contributed by atoms with E-state index >= 15 is 0 Å². The van der Waals surface area contributed by atoms with Crippen molar-refractivity contribution < 1.29 is 8.42 Å². The number of hydrogen-bond donors (Lipinski definition) is 2. The number of nitrogens with one attached hydrogen (secondary N) is 2. The monoisotopic (exact) mass is 312 g/mol. The van der Waals surface area contributed by atoms with Gasteiger partial charge in [-0.25, -0.2) is 23.1 Å². The van der Waals surface area contributed by atoms with Crippen molar-refractivity contribution in [3.05, 3.63) is 41.7 Å². The van der Waals surface area contributed by atoms with Gasteiger partial charge in [0.25, 0.3) is 10.0 Å². The number of hydrogen-bond acceptors (Lipinski definition) is 5. The predicted molar refractivity (Wildman–Crippen MR) is 78.2 cm³/mol. The van der Waals surface area contributed by atoms with Crippen molar-refractivity contribution in [2.75, 3.05) is 9.56 Å². The van der Waals surface area contributed by atoms with E-state index in [0.717, 1.165) is 0 Å². The molecule has 0 radical (unpaired) electrons. The Bertz CT molecular complexity index is 696. The van der Waals surface area contributed by atoms with Gasteiger partial charge in [-0.2, -0.15) is 0 Å². The smallest absolute Gasteiger partial charge is 0.264 e. The van der Waals surface area contributed by atoms with E-state index in [1.54, 1.807) is 32.0 Å². The van der Waals surface area contributed by atoms with Crippen molar-refractivity contribution >= 4 is 33.4 Å². The summed E-state index contributed by atoms with van der Waals surface area (Å²) < 4.78 is 26.7. The Morgan fingerprint density at radius 2 is 1.60 bits per heavy atom. The normalized spacial score (nSPS) is 11.2. The quantitative estimate of drug-likeness (QED) is 0.847. The topological polar surface area (TPSA) is 84.0 Å². The zero-order valence-corrected chi connectivity index (χ0v) is 12.5. The average molecular weight is 313 g/mol. The minimum atomic E-state index is -3.72. The van der Waals surface area contributed by atoms with Crippen LogP contribution in [-0.2, 0) is 10.0 Å². The second-order valence-electron chi connectivity index (χ2n) is 4.20. The lowest BCUT2D eigenvalue weighted by atomic mass is 10.3. The molecule has 2 aromatic rings. The molecule has 6 nitrogen and oxygen atoms in total. The molecule has 106 valence electrons. The van der Waals surface area contributed by atoms with E-state index in [2.05, 4.69) is 19.5 Å². The molecule has 0 spiro atoms. The van der Waals surface area contributed by atoms with Crippen LogP contribution in [0.15, 0.2) is 35.2 Å². The molecule has 8 heteroatoms. The van der Waals surface area contributed by atoms with Gasteiger partial charge >= 0.3 is 0 Å². The van der Waals surface area contributed by atoms with Crippen LogP contribution in [0.4, 0.5) is 11.6 Å². The number of aryl methyl sites for hydroxylation is 2. The van der Waals surface area contributed by atoms with Gasteiger partial charge in [-0.15, -0.1) is 0 Å². The van der Waals surface area contributed by atoms with Gasteiger partial charge in [0.05, 0.1) is 4.90 Å². The van der Waals surface area contributed by atoms with Crippen LogP contribution >= 0.6 is 11.8 Å². The van der Waals surface area contributed by atoms with Crippen LogP contribution in [0, 0.1) is 13.8 Å². The standard InChI is InChI=1S/C12H13ClN4O2S/c1-8-7-9(2)15-12(14-8)17-20(18,19)11-5-3-10(16-13)4-6-11/h3-7,16H,1-2H3,(H,14,15,17). The highest BCUT2D eigenvalue weighted by molar-refractivity contribution is 7.92. The maximum Gasteiger partial charge on any atom is 0.264 e. The summed E-state index contributed by atoms with van der Waals surface area (Å²) >= 11 is 5.42. The molecule has 0 aliphatic heterocycles. The summed E-state index contributed by atoms with van der Waals surface area (Å²) in [5.74, 6) is 0.0574. The Kier molecular flexibility index (Phi) is 4.10. The zero-order chi connectivity index (χ0) is 14.8. The van der Waals surface area contributed by atoms with Crippen LogP contribution in [0.1, 0.15) is 11.4 Å². The Morgan fingerprint density at radius 3 is 2.10 bits per heavy atom. The van der Waals surface area contributed by atoms with Gasteiger partial charge in [-0.05, 0) is 44.2 Å². The first-order valence-electron chi connectivity index (χ1n) is 5.72. The largest absolute Gasteiger partial charge is 0.299 e. The second kappa shape index (κ2) is 5.64. The summed E-state index contributed by atoms with van der Waals surface area (Å²) in [6.07, 6.45) is 0. The minimum absolute atomic E-state index is 0.0574. The molecular formula is C12H13ClN4O2S. The molecule has 0 saturated carbocycles. The molecule has 0 atom stereocenters. The fraction of sp³-hybridized carbons (Fsp3) is 0.167. The molecular weight excluding hydrogens is 300 g/mol. The molecule has 0 unspecified atom stereocenters. The van der Waals surface area contributed by atoms with Crippen LogP contribution in [-0.4, -0.2) is 18.4 Å². The lowest BCUT2D eigenvalue weighted by Crippen LogP contribution is -2.15. The van der Waals surface area contributed by atoms with Crippen LogP contribution in [0.5, 0.6) is 0 Å². The first-order valence-corrected chi connectivity index (χ1v) is 7.58. The number of rotatable bonds is 4. The number of nitrogens with zero attached hydrogens (tertiary/aromatic N) is 2. The van der Waals surface area contributed by atoms with Crippen LogP contribution < -0.4 is 9.56 Å². The van der Waals surface area contributed by atoms with Crippen LogP contribution in [0.25, 0.3) is 0 Å². The zero-order valence-electron chi connectivity index (χ0n) is 10.9. The van der Waals surface area contributed by atoms with Gasteiger partial charge in [0.15, 0.2) is 0 Å². The molecule has 0 saturated heterocycles. The highest BCUT2D eigenvalue weighted by Gasteiger charge is 2.15. The number of halogens is 1. The molecule has 1 aromatic heterocycles. The van der Waals surface area contributed by atoms with Gasteiger partial charge in [-0.1, -0.05) is 0 Å². The van der Waals surface area contributed by atoms with Crippen molar-refractivity contribution in [3.8, 4) is 0 Å². The number of benzene rings is 1. The molecule has 0 aliphatic carbocycles. The summed E-state index contributed by atoms with van der Waals surface area (Å²) in [5, 5.41) is 0. The molecule has 1 aromatic carbocycles. The third kappa shape index (κ3) is 3.37. The SMILES string of the molecule is Cc1cc(C)nc(NS(=O)(=O)c2ccc(NCl)cc2)n1. The van der Waals surface area contributed by atoms with E-state index in [-0.39, 0.29) is 10.8 Å². The fourth-order valence-electron chi connectivity index (χ4n) is 1.65. The molecule has 0 fully saturated rings. The summed E-state index contributed by atoms with van der Waals surface area (Å²) in [5.41, 5.74) is 1.99. The van der Waals surface area contributed by atoms with Gasteiger partial charge < -0.3 is 0 Å². The summed E-state index contributed by atoms with van der Waals surface area (Å²) in [7, 11) is -3.72. The Hall–Kier alpha value is -1.86. The molecule has 2 N–H and O–H groups in total. The Morgan fingerprint density at radius 1 is 1.05 bits per heavy atom. The van der Waals surface area contributed by atoms with E-state index in [1.165, 1.54) is 12.1 Å². The van der Waals surface area contributed by atoms with Gasteiger partial charge in [0.1, 0.15) is 0 Å². The van der Waals surface area contributed by atoms with E-state index in [9.17, 15) is 8.42 Å². The molecule has 0 aliphatic rings. The van der Waals surface area contributed by atoms with Crippen molar-refractivity contribution in [2.45, 2.75) is 18.7 Å². The lowest BCUT2D eigenvalue weighted by molar-refractivity contribution is 0.601. The highest BCUT2D eigenvalue weighted by Crippen LogP contribution is 2.17. The minimum Gasteiger partial charge on any atom is -0.299 e. The van der Waals surface area contributed by atoms with Crippen LogP contribution in [0.3, 0.4) is 0 Å². The number of anilines is 2. The molecule has 20 heavy (non-hydrogen) atoms. The maximum atomic E-state index is 12.2. The Labute approximate surface area is 122 Å². The highest BCUT2D eigenvalue weighted by atomic mass is 35.5. The van der Waals surface area contributed by atoms with E-state index in [4.69, 9.17) is 11.8 Å². The number of aromatic nitrogens is 2. The van der Waals surface area contributed by atoms with Crippen molar-refractivity contribution in [3.63, 3.8) is 0 Å². The average Bonchev–Trinajstić information content (AvgIpc) is 2.37. The molecule has 2 rings (SSSR count). The third-order valence-corrected chi connectivity index (χ3v) is 4.04. The molecule has 0 bridgehead atoms. The van der Waals surface area contributed by atoms with Gasteiger partial charge in [0, 0.05) is 28.9 Å². The fourth-order valence-corrected chi connectivity index (χ4v) is 2.72. The third-order valence-electron chi connectivity index (χ3n) is 2.48. The summed E-state index contributed by atoms with van der Waals surface area (Å²) in [4.78, 5) is 10.6. The summed E-state index contributed by atoms with van der Waals surface area (Å²) in [6.45, 7) is 3.54. The van der Waals surface area contributed by atoms with Crippen molar-refractivity contribution in [2.24, 2.45) is 0 Å². The van der Waals surface area contributed by atoms with E-state index < -0.39 is 10.0 Å². The molecule has 1 heterocycles. The van der Waals surface area contributed by atoms with Crippen LogP contribution in [0.2, 0.25) is 0 Å². The summed E-state index contributed by atoms with van der Waals surface area (Å²) in [6, 6.07) is 7.76. The van der Waals surface area contributed by atoms with E-state index in [1.807, 2.05) is 0 Å². The Balaban J connectivity index is 2.30.